The third kappa shape index (κ3) is 5.83. The molecule has 2 aromatic carbocycles. The van der Waals surface area contributed by atoms with Gasteiger partial charge in [-0.3, -0.25) is 14.6 Å². The molecule has 0 spiro atoms. The normalized spacial score (nSPS) is 14.0. The van der Waals surface area contributed by atoms with Gasteiger partial charge in [-0.1, -0.05) is 29.8 Å². The van der Waals surface area contributed by atoms with Crippen LogP contribution >= 0.6 is 0 Å². The van der Waals surface area contributed by atoms with Crippen molar-refractivity contribution in [3.05, 3.63) is 65.2 Å². The van der Waals surface area contributed by atoms with Crippen molar-refractivity contribution in [2.45, 2.75) is 26.3 Å². The molecular formula is C23H29N5O2. The van der Waals surface area contributed by atoms with Crippen LogP contribution in [0, 0.1) is 6.92 Å². The molecule has 0 saturated carbocycles. The lowest BCUT2D eigenvalue weighted by atomic mass is 10.1. The van der Waals surface area contributed by atoms with Crippen molar-refractivity contribution in [2.24, 2.45) is 4.99 Å². The van der Waals surface area contributed by atoms with Crippen molar-refractivity contribution in [3.8, 4) is 0 Å². The molecule has 0 radical (unpaired) electrons. The quantitative estimate of drug-likeness (QED) is 0.373. The van der Waals surface area contributed by atoms with Gasteiger partial charge >= 0.3 is 0 Å². The largest absolute Gasteiger partial charge is 0.355 e. The molecule has 0 atom stereocenters. The number of nitrogens with zero attached hydrogens (tertiary/aromatic N) is 2. The minimum Gasteiger partial charge on any atom is -0.355 e. The molecule has 2 amide bonds. The van der Waals surface area contributed by atoms with E-state index in [1.54, 1.807) is 13.1 Å². The Morgan fingerprint density at radius 1 is 1.07 bits per heavy atom. The Morgan fingerprint density at radius 2 is 1.83 bits per heavy atom. The lowest BCUT2D eigenvalue weighted by Gasteiger charge is -2.16. The van der Waals surface area contributed by atoms with Gasteiger partial charge in [-0.25, -0.2) is 0 Å². The van der Waals surface area contributed by atoms with E-state index in [4.69, 9.17) is 0 Å². The molecule has 1 saturated heterocycles. The number of aliphatic imine (C=N–C) groups is 1. The first-order valence-electron chi connectivity index (χ1n) is 10.3. The van der Waals surface area contributed by atoms with Crippen molar-refractivity contribution in [2.75, 3.05) is 31.6 Å². The molecule has 7 nitrogen and oxygen atoms in total. The fourth-order valence-corrected chi connectivity index (χ4v) is 3.37. The van der Waals surface area contributed by atoms with Crippen LogP contribution in [0.5, 0.6) is 0 Å². The summed E-state index contributed by atoms with van der Waals surface area (Å²) in [5.41, 5.74) is 3.77. The molecule has 1 fully saturated rings. The topological polar surface area (TPSA) is 85.8 Å². The van der Waals surface area contributed by atoms with E-state index in [1.165, 1.54) is 0 Å². The number of amides is 2. The van der Waals surface area contributed by atoms with E-state index >= 15 is 0 Å². The minimum absolute atomic E-state index is 0.0833. The van der Waals surface area contributed by atoms with Gasteiger partial charge in [-0.05, 0) is 43.2 Å². The molecule has 2 aromatic rings. The zero-order valence-corrected chi connectivity index (χ0v) is 17.6. The van der Waals surface area contributed by atoms with Crippen molar-refractivity contribution in [3.63, 3.8) is 0 Å². The molecule has 1 heterocycles. The molecule has 3 N–H and O–H groups in total. The molecular weight excluding hydrogens is 378 g/mol. The van der Waals surface area contributed by atoms with Crippen LogP contribution in [0.4, 0.5) is 5.69 Å². The Kier molecular flexibility index (Phi) is 7.43. The standard InChI is InChI=1S/C23H29N5O2/c1-17-5-3-6-19(15-17)22(30)25-12-13-26-23(24-2)27-16-18-8-10-20(11-9-18)28-14-4-7-21(28)29/h3,5-6,8-11,15H,4,7,12-14,16H2,1-2H3,(H,25,30)(H2,24,26,27). The third-order valence-corrected chi connectivity index (χ3v) is 4.99. The lowest BCUT2D eigenvalue weighted by Crippen LogP contribution is -2.41. The van der Waals surface area contributed by atoms with Crippen LogP contribution in [-0.4, -0.2) is 44.5 Å². The number of carbonyl (C=O) groups is 2. The van der Waals surface area contributed by atoms with Crippen molar-refractivity contribution in [1.29, 1.82) is 0 Å². The Hall–Kier alpha value is -3.35. The van der Waals surface area contributed by atoms with E-state index in [1.807, 2.05) is 54.3 Å². The van der Waals surface area contributed by atoms with E-state index in [-0.39, 0.29) is 11.8 Å². The molecule has 0 bridgehead atoms. The summed E-state index contributed by atoms with van der Waals surface area (Å²) in [7, 11) is 1.71. The Balaban J connectivity index is 1.39. The fraction of sp³-hybridized carbons (Fsp3) is 0.348. The highest BCUT2D eigenvalue weighted by Gasteiger charge is 2.21. The van der Waals surface area contributed by atoms with Crippen LogP contribution in [0.25, 0.3) is 0 Å². The van der Waals surface area contributed by atoms with Gasteiger partial charge in [0.2, 0.25) is 5.91 Å². The number of guanidine groups is 1. The second-order valence-electron chi connectivity index (χ2n) is 7.29. The lowest BCUT2D eigenvalue weighted by molar-refractivity contribution is -0.117. The summed E-state index contributed by atoms with van der Waals surface area (Å²) in [6.45, 7) is 4.43. The monoisotopic (exact) mass is 407 g/mol. The maximum absolute atomic E-state index is 12.2. The van der Waals surface area contributed by atoms with Gasteiger partial charge in [0.1, 0.15) is 0 Å². The van der Waals surface area contributed by atoms with E-state index in [0.717, 1.165) is 29.8 Å². The van der Waals surface area contributed by atoms with E-state index in [9.17, 15) is 9.59 Å². The highest BCUT2D eigenvalue weighted by atomic mass is 16.2. The van der Waals surface area contributed by atoms with Crippen LogP contribution in [0.3, 0.4) is 0 Å². The molecule has 0 unspecified atom stereocenters. The average molecular weight is 408 g/mol. The number of hydrogen-bond donors (Lipinski definition) is 3. The maximum atomic E-state index is 12.2. The van der Waals surface area contributed by atoms with Crippen LogP contribution in [0.15, 0.2) is 53.5 Å². The van der Waals surface area contributed by atoms with Crippen LogP contribution in [-0.2, 0) is 11.3 Å². The number of nitrogens with one attached hydrogen (secondary N) is 3. The average Bonchev–Trinajstić information content (AvgIpc) is 3.19. The Bertz CT molecular complexity index is 908. The van der Waals surface area contributed by atoms with Gasteiger partial charge in [0, 0.05) is 50.9 Å². The second kappa shape index (κ2) is 10.4. The summed E-state index contributed by atoms with van der Waals surface area (Å²) >= 11 is 0. The molecule has 158 valence electrons. The number of anilines is 1. The first-order chi connectivity index (χ1) is 14.6. The smallest absolute Gasteiger partial charge is 0.251 e. The first-order valence-corrected chi connectivity index (χ1v) is 10.3. The molecule has 7 heteroatoms. The van der Waals surface area contributed by atoms with Crippen molar-refractivity contribution < 1.29 is 9.59 Å². The Morgan fingerprint density at radius 3 is 2.50 bits per heavy atom. The SMILES string of the molecule is CN=C(NCCNC(=O)c1cccc(C)c1)NCc1ccc(N2CCCC2=O)cc1. The van der Waals surface area contributed by atoms with Gasteiger partial charge < -0.3 is 20.9 Å². The van der Waals surface area contributed by atoms with Gasteiger partial charge in [-0.15, -0.1) is 0 Å². The predicted molar refractivity (Wildman–Crippen MR) is 120 cm³/mol. The van der Waals surface area contributed by atoms with Crippen LogP contribution in [0.1, 0.15) is 34.3 Å². The van der Waals surface area contributed by atoms with E-state index < -0.39 is 0 Å². The highest BCUT2D eigenvalue weighted by molar-refractivity contribution is 5.95. The summed E-state index contributed by atoms with van der Waals surface area (Å²) in [5.74, 6) is 0.776. The van der Waals surface area contributed by atoms with Crippen molar-refractivity contribution >= 4 is 23.5 Å². The zero-order valence-electron chi connectivity index (χ0n) is 17.6. The number of hydrogen-bond acceptors (Lipinski definition) is 3. The van der Waals surface area contributed by atoms with E-state index in [0.29, 0.717) is 37.6 Å². The molecule has 0 aliphatic carbocycles. The number of carbonyl (C=O) groups excluding carboxylic acids is 2. The zero-order chi connectivity index (χ0) is 21.3. The van der Waals surface area contributed by atoms with E-state index in [2.05, 4.69) is 20.9 Å². The molecule has 1 aliphatic rings. The van der Waals surface area contributed by atoms with Crippen molar-refractivity contribution in [1.82, 2.24) is 16.0 Å². The summed E-state index contributed by atoms with van der Waals surface area (Å²) in [4.78, 5) is 30.0. The molecule has 0 aromatic heterocycles. The number of benzene rings is 2. The summed E-state index contributed by atoms with van der Waals surface area (Å²) < 4.78 is 0. The summed E-state index contributed by atoms with van der Waals surface area (Å²) in [6.07, 6.45) is 1.56. The maximum Gasteiger partial charge on any atom is 0.251 e. The first kappa shape index (κ1) is 21.4. The number of rotatable bonds is 7. The van der Waals surface area contributed by atoms with Crippen LogP contribution < -0.4 is 20.9 Å². The van der Waals surface area contributed by atoms with Gasteiger partial charge in [-0.2, -0.15) is 0 Å². The van der Waals surface area contributed by atoms with Gasteiger partial charge in [0.15, 0.2) is 5.96 Å². The van der Waals surface area contributed by atoms with Crippen LogP contribution in [0.2, 0.25) is 0 Å². The molecule has 3 rings (SSSR count). The number of aryl methyl sites for hydroxylation is 1. The fourth-order valence-electron chi connectivity index (χ4n) is 3.37. The summed E-state index contributed by atoms with van der Waals surface area (Å²) in [5, 5.41) is 9.35. The summed E-state index contributed by atoms with van der Waals surface area (Å²) in [6, 6.07) is 15.5. The highest BCUT2D eigenvalue weighted by Crippen LogP contribution is 2.21. The predicted octanol–water partition coefficient (Wildman–Crippen LogP) is 2.22. The minimum atomic E-state index is -0.0833. The molecule has 1 aliphatic heterocycles. The molecule has 30 heavy (non-hydrogen) atoms. The second-order valence-corrected chi connectivity index (χ2v) is 7.29. The Labute approximate surface area is 177 Å². The van der Waals surface area contributed by atoms with Gasteiger partial charge in [0.25, 0.3) is 5.91 Å². The van der Waals surface area contributed by atoms with Gasteiger partial charge in [0.05, 0.1) is 0 Å². The third-order valence-electron chi connectivity index (χ3n) is 4.99.